The molecular weight excluding hydrogens is 352 g/mol. The molecule has 0 aliphatic rings. The van der Waals surface area contributed by atoms with Crippen molar-refractivity contribution in [2.75, 3.05) is 0 Å². The van der Waals surface area contributed by atoms with Crippen LogP contribution < -0.4 is 11.1 Å². The van der Waals surface area contributed by atoms with Gasteiger partial charge < -0.3 is 9.97 Å². The highest BCUT2D eigenvalue weighted by Gasteiger charge is 2.02. The van der Waals surface area contributed by atoms with Crippen LogP contribution in [0.2, 0.25) is 0 Å². The number of H-pyrrole nitrogens is 2. The molecule has 2 aromatic carbocycles. The van der Waals surface area contributed by atoms with Gasteiger partial charge in [-0.15, -0.1) is 0 Å². The van der Waals surface area contributed by atoms with Crippen LogP contribution in [0.4, 0.5) is 0 Å². The topological polar surface area (TPSA) is 91.5 Å². The quantitative estimate of drug-likeness (QED) is 0.482. The number of nitrogens with zero attached hydrogens (tertiary/aromatic N) is 2. The van der Waals surface area contributed by atoms with E-state index in [-0.39, 0.29) is 11.1 Å². The number of rotatable bonds is 0. The first-order valence-corrected chi connectivity index (χ1v) is 9.28. The minimum Gasteiger partial charge on any atom is -0.310 e. The van der Waals surface area contributed by atoms with E-state index < -0.39 is 0 Å². The molecule has 2 heterocycles. The van der Waals surface area contributed by atoms with Gasteiger partial charge in [-0.25, -0.2) is 9.97 Å². The van der Waals surface area contributed by atoms with Gasteiger partial charge in [0.15, 0.2) is 0 Å². The minimum atomic E-state index is -0.0637. The predicted octanol–water partition coefficient (Wildman–Crippen LogP) is 4.11. The van der Waals surface area contributed by atoms with E-state index in [9.17, 15) is 9.59 Å². The van der Waals surface area contributed by atoms with Gasteiger partial charge in [0.25, 0.3) is 11.1 Å². The van der Waals surface area contributed by atoms with Crippen molar-refractivity contribution in [1.29, 1.82) is 0 Å². The second kappa shape index (κ2) is 9.08. The third-order valence-corrected chi connectivity index (χ3v) is 4.04. The lowest BCUT2D eigenvalue weighted by Crippen LogP contribution is -2.10. The molecule has 0 amide bonds. The number of hydrogen-bond acceptors (Lipinski definition) is 4. The van der Waals surface area contributed by atoms with Gasteiger partial charge in [-0.3, -0.25) is 9.59 Å². The zero-order valence-electron chi connectivity index (χ0n) is 17.2. The average Bonchev–Trinajstić information content (AvgIpc) is 2.64. The first-order valence-electron chi connectivity index (χ1n) is 9.28. The summed E-state index contributed by atoms with van der Waals surface area (Å²) < 4.78 is 0. The maximum Gasteiger partial charge on any atom is 0.259 e. The van der Waals surface area contributed by atoms with Gasteiger partial charge in [0, 0.05) is 0 Å². The van der Waals surface area contributed by atoms with E-state index in [0.29, 0.717) is 22.4 Å². The summed E-state index contributed by atoms with van der Waals surface area (Å²) in [6.07, 6.45) is 0. The lowest BCUT2D eigenvalue weighted by molar-refractivity contribution is 1.06. The van der Waals surface area contributed by atoms with Crippen molar-refractivity contribution in [3.8, 4) is 0 Å². The van der Waals surface area contributed by atoms with Crippen molar-refractivity contribution in [3.05, 3.63) is 79.9 Å². The Kier molecular flexibility index (Phi) is 6.82. The number of benzene rings is 2. The molecule has 0 fully saturated rings. The summed E-state index contributed by atoms with van der Waals surface area (Å²) in [6, 6.07) is 11.3. The third-order valence-electron chi connectivity index (χ3n) is 4.04. The molecule has 2 aromatic heterocycles. The molecule has 0 bridgehead atoms. The van der Waals surface area contributed by atoms with Crippen LogP contribution >= 0.6 is 0 Å². The summed E-state index contributed by atoms with van der Waals surface area (Å²) in [5.74, 6) is 1.31. The predicted molar refractivity (Wildman–Crippen MR) is 115 cm³/mol. The molecule has 0 aliphatic carbocycles. The molecule has 0 atom stereocenters. The van der Waals surface area contributed by atoms with Gasteiger partial charge in [-0.1, -0.05) is 37.6 Å². The van der Waals surface area contributed by atoms with Crippen molar-refractivity contribution in [1.82, 2.24) is 19.9 Å². The van der Waals surface area contributed by atoms with Crippen LogP contribution in [0, 0.1) is 27.7 Å². The van der Waals surface area contributed by atoms with Crippen LogP contribution in [0.1, 0.15) is 36.6 Å². The van der Waals surface area contributed by atoms with Crippen molar-refractivity contribution in [2.24, 2.45) is 0 Å². The first kappa shape index (κ1) is 21.0. The normalized spacial score (nSPS) is 10.1. The van der Waals surface area contributed by atoms with Crippen molar-refractivity contribution in [3.63, 3.8) is 0 Å². The highest BCUT2D eigenvalue weighted by atomic mass is 16.1. The van der Waals surface area contributed by atoms with E-state index in [1.807, 2.05) is 64.1 Å². The number of fused-ring (bicyclic) bond motifs is 2. The van der Waals surface area contributed by atoms with Crippen molar-refractivity contribution in [2.45, 2.75) is 41.5 Å². The molecular formula is C22H26N4O2. The van der Waals surface area contributed by atoms with Gasteiger partial charge in [0.1, 0.15) is 11.6 Å². The second-order valence-electron chi connectivity index (χ2n) is 6.29. The Balaban J connectivity index is 0.000000184. The fourth-order valence-corrected chi connectivity index (χ4v) is 2.85. The summed E-state index contributed by atoms with van der Waals surface area (Å²) in [5.41, 5.74) is 3.44. The molecule has 0 saturated heterocycles. The summed E-state index contributed by atoms with van der Waals surface area (Å²) in [5, 5.41) is 1.35. The van der Waals surface area contributed by atoms with E-state index in [0.717, 1.165) is 22.2 Å². The standard InChI is InChI=1S/2C10H10N2O.C2H6/c1-6-3-4-9-8(5-6)10(13)12-7(2)11-9;1-6-4-3-5-8-9(6)10(13)12-7(2)11-8;1-2/h2*3-5H,1-2H3,(H,11,12,13);1-2H3. The van der Waals surface area contributed by atoms with Crippen molar-refractivity contribution >= 4 is 21.8 Å². The Labute approximate surface area is 163 Å². The molecule has 6 nitrogen and oxygen atoms in total. The van der Waals surface area contributed by atoms with Crippen LogP contribution in [0.5, 0.6) is 0 Å². The van der Waals surface area contributed by atoms with Crippen LogP contribution in [0.15, 0.2) is 46.0 Å². The van der Waals surface area contributed by atoms with Gasteiger partial charge in [-0.2, -0.15) is 0 Å². The van der Waals surface area contributed by atoms with Crippen LogP contribution in [-0.2, 0) is 0 Å². The van der Waals surface area contributed by atoms with Crippen LogP contribution in [-0.4, -0.2) is 19.9 Å². The van der Waals surface area contributed by atoms with Gasteiger partial charge in [0.2, 0.25) is 0 Å². The minimum absolute atomic E-state index is 0.0550. The van der Waals surface area contributed by atoms with Crippen LogP contribution in [0.25, 0.3) is 21.8 Å². The maximum absolute atomic E-state index is 11.5. The van der Waals surface area contributed by atoms with E-state index in [1.54, 1.807) is 13.8 Å². The van der Waals surface area contributed by atoms with E-state index in [1.165, 1.54) is 0 Å². The lowest BCUT2D eigenvalue weighted by atomic mass is 10.1. The van der Waals surface area contributed by atoms with E-state index in [2.05, 4.69) is 19.9 Å². The molecule has 0 aliphatic heterocycles. The zero-order chi connectivity index (χ0) is 20.8. The molecule has 0 unspecified atom stereocenters. The summed E-state index contributed by atoms with van der Waals surface area (Å²) in [6.45, 7) is 11.4. The number of aromatic amines is 2. The molecule has 4 rings (SSSR count). The first-order chi connectivity index (χ1) is 13.3. The highest BCUT2D eigenvalue weighted by Crippen LogP contribution is 2.11. The molecule has 2 N–H and O–H groups in total. The molecule has 146 valence electrons. The lowest BCUT2D eigenvalue weighted by Gasteiger charge is -2.00. The molecule has 0 saturated carbocycles. The van der Waals surface area contributed by atoms with Crippen LogP contribution in [0.3, 0.4) is 0 Å². The Bertz CT molecular complexity index is 1220. The number of aryl methyl sites for hydroxylation is 4. The molecule has 4 aromatic rings. The van der Waals surface area contributed by atoms with Gasteiger partial charge >= 0.3 is 0 Å². The fourth-order valence-electron chi connectivity index (χ4n) is 2.85. The van der Waals surface area contributed by atoms with Gasteiger partial charge in [-0.05, 0) is 51.5 Å². The van der Waals surface area contributed by atoms with E-state index in [4.69, 9.17) is 0 Å². The summed E-state index contributed by atoms with van der Waals surface area (Å²) >= 11 is 0. The van der Waals surface area contributed by atoms with E-state index >= 15 is 0 Å². The summed E-state index contributed by atoms with van der Waals surface area (Å²) in [4.78, 5) is 36.8. The Morgan fingerprint density at radius 3 is 2.04 bits per heavy atom. The third kappa shape index (κ3) is 4.71. The smallest absolute Gasteiger partial charge is 0.259 e. The summed E-state index contributed by atoms with van der Waals surface area (Å²) in [7, 11) is 0. The fraction of sp³-hybridized carbons (Fsp3) is 0.273. The highest BCUT2D eigenvalue weighted by molar-refractivity contribution is 5.80. The van der Waals surface area contributed by atoms with Crippen molar-refractivity contribution < 1.29 is 0 Å². The Morgan fingerprint density at radius 2 is 1.36 bits per heavy atom. The largest absolute Gasteiger partial charge is 0.310 e. The van der Waals surface area contributed by atoms with Gasteiger partial charge in [0.05, 0.1) is 21.8 Å². The number of nitrogens with one attached hydrogen (secondary N) is 2. The molecule has 28 heavy (non-hydrogen) atoms. The molecule has 0 spiro atoms. The zero-order valence-corrected chi connectivity index (χ0v) is 17.2. The number of hydrogen-bond donors (Lipinski definition) is 2. The Morgan fingerprint density at radius 1 is 0.750 bits per heavy atom. The average molecular weight is 378 g/mol. The number of aromatic nitrogens is 4. The SMILES string of the molecule is CC.Cc1ccc2nc(C)[nH]c(=O)c2c1.Cc1nc2cccc(C)c2c(=O)[nH]1. The maximum atomic E-state index is 11.5. The Hall–Kier alpha value is -3.28. The molecule has 0 radical (unpaired) electrons. The second-order valence-corrected chi connectivity index (χ2v) is 6.29. The monoisotopic (exact) mass is 378 g/mol. The molecule has 6 heteroatoms.